The molecule has 1 aromatic carbocycles. The molecule has 0 spiro atoms. The Morgan fingerprint density at radius 3 is 2.62 bits per heavy atom. The Balaban J connectivity index is 2.06. The van der Waals surface area contributed by atoms with Crippen molar-refractivity contribution in [2.24, 2.45) is 5.92 Å². The molecule has 1 aromatic rings. The van der Waals surface area contributed by atoms with Gasteiger partial charge in [-0.25, -0.2) is 4.39 Å². The van der Waals surface area contributed by atoms with Gasteiger partial charge in [-0.1, -0.05) is 19.8 Å². The fourth-order valence-corrected chi connectivity index (χ4v) is 3.48. The van der Waals surface area contributed by atoms with Gasteiger partial charge in [0.1, 0.15) is 11.5 Å². The lowest BCUT2D eigenvalue weighted by molar-refractivity contribution is -0.384. The molecule has 1 aliphatic rings. The van der Waals surface area contributed by atoms with Crippen molar-refractivity contribution >= 4 is 34.0 Å². The first-order valence-electron chi connectivity index (χ1n) is 7.41. The SMILES string of the molecule is CCCC1CCC(Nc2cc(F)c(I)cc2[N+](=O)[O-])CC1. The van der Waals surface area contributed by atoms with E-state index in [4.69, 9.17) is 0 Å². The van der Waals surface area contributed by atoms with Gasteiger partial charge in [-0.05, 0) is 54.2 Å². The number of nitrogens with zero attached hydrogens (tertiary/aromatic N) is 1. The molecule has 1 saturated carbocycles. The summed E-state index contributed by atoms with van der Waals surface area (Å²) in [4.78, 5) is 10.7. The zero-order valence-electron chi connectivity index (χ0n) is 12.1. The molecule has 0 aliphatic heterocycles. The lowest BCUT2D eigenvalue weighted by atomic mass is 9.83. The van der Waals surface area contributed by atoms with E-state index in [0.717, 1.165) is 31.6 Å². The molecule has 0 radical (unpaired) electrons. The van der Waals surface area contributed by atoms with Crippen molar-refractivity contribution in [3.05, 3.63) is 31.6 Å². The Kier molecular flexibility index (Phi) is 5.78. The molecule has 0 saturated heterocycles. The van der Waals surface area contributed by atoms with Gasteiger partial charge in [0.05, 0.1) is 8.49 Å². The lowest BCUT2D eigenvalue weighted by Crippen LogP contribution is -2.26. The second kappa shape index (κ2) is 7.38. The lowest BCUT2D eigenvalue weighted by Gasteiger charge is -2.29. The third kappa shape index (κ3) is 4.28. The van der Waals surface area contributed by atoms with Crippen LogP contribution in [0.5, 0.6) is 0 Å². The average Bonchev–Trinajstić information content (AvgIpc) is 2.44. The van der Waals surface area contributed by atoms with Crippen molar-refractivity contribution in [2.45, 2.75) is 51.5 Å². The first-order valence-corrected chi connectivity index (χ1v) is 8.49. The van der Waals surface area contributed by atoms with E-state index in [2.05, 4.69) is 12.2 Å². The summed E-state index contributed by atoms with van der Waals surface area (Å²) >= 11 is 1.78. The first-order chi connectivity index (χ1) is 10.0. The predicted molar refractivity (Wildman–Crippen MR) is 90.0 cm³/mol. The van der Waals surface area contributed by atoms with Gasteiger partial charge in [-0.2, -0.15) is 0 Å². The molecular formula is C15H20FIN2O2. The van der Waals surface area contributed by atoms with Crippen LogP contribution < -0.4 is 5.32 Å². The van der Waals surface area contributed by atoms with Gasteiger partial charge in [0.15, 0.2) is 0 Å². The van der Waals surface area contributed by atoms with E-state index in [1.807, 2.05) is 0 Å². The Labute approximate surface area is 137 Å². The topological polar surface area (TPSA) is 55.2 Å². The van der Waals surface area contributed by atoms with Gasteiger partial charge < -0.3 is 5.32 Å². The zero-order chi connectivity index (χ0) is 15.4. The minimum absolute atomic E-state index is 0.0449. The number of anilines is 1. The smallest absolute Gasteiger partial charge is 0.293 e. The largest absolute Gasteiger partial charge is 0.377 e. The highest BCUT2D eigenvalue weighted by atomic mass is 127. The maximum absolute atomic E-state index is 13.7. The number of nitro benzene ring substituents is 1. The molecule has 6 heteroatoms. The first kappa shape index (κ1) is 16.5. The van der Waals surface area contributed by atoms with Crippen molar-refractivity contribution in [2.75, 3.05) is 5.32 Å². The minimum Gasteiger partial charge on any atom is -0.377 e. The van der Waals surface area contributed by atoms with E-state index < -0.39 is 10.7 Å². The third-order valence-electron chi connectivity index (χ3n) is 4.14. The minimum atomic E-state index is -0.452. The van der Waals surface area contributed by atoms with Crippen molar-refractivity contribution < 1.29 is 9.31 Å². The fourth-order valence-electron chi connectivity index (χ4n) is 3.03. The molecular weight excluding hydrogens is 386 g/mol. The van der Waals surface area contributed by atoms with Gasteiger partial charge in [0.2, 0.25) is 0 Å². The molecule has 1 aliphatic carbocycles. The summed E-state index contributed by atoms with van der Waals surface area (Å²) in [5, 5.41) is 14.3. The van der Waals surface area contributed by atoms with Crippen LogP contribution in [0, 0.1) is 25.4 Å². The summed E-state index contributed by atoms with van der Waals surface area (Å²) in [6.07, 6.45) is 6.74. The molecule has 2 rings (SSSR count). The zero-order valence-corrected chi connectivity index (χ0v) is 14.2. The standard InChI is InChI=1S/C15H20FIN2O2/c1-2-3-10-4-6-11(7-5-10)18-14-8-12(16)13(17)9-15(14)19(20)21/h8-11,18H,2-7H2,1H3. The molecule has 21 heavy (non-hydrogen) atoms. The van der Waals surface area contributed by atoms with Crippen LogP contribution in [-0.2, 0) is 0 Å². The van der Waals surface area contributed by atoms with Crippen LogP contribution in [0.1, 0.15) is 45.4 Å². The summed E-state index contributed by atoms with van der Waals surface area (Å²) in [6, 6.07) is 2.75. The molecule has 1 N–H and O–H groups in total. The molecule has 0 bridgehead atoms. The van der Waals surface area contributed by atoms with Crippen molar-refractivity contribution in [1.82, 2.24) is 0 Å². The second-order valence-electron chi connectivity index (χ2n) is 5.69. The van der Waals surface area contributed by atoms with E-state index in [1.54, 1.807) is 22.6 Å². The Morgan fingerprint density at radius 2 is 2.05 bits per heavy atom. The van der Waals surface area contributed by atoms with Gasteiger partial charge in [0.25, 0.3) is 5.69 Å². The van der Waals surface area contributed by atoms with Gasteiger partial charge in [-0.3, -0.25) is 10.1 Å². The number of hydrogen-bond acceptors (Lipinski definition) is 3. The maximum atomic E-state index is 13.7. The van der Waals surface area contributed by atoms with Crippen molar-refractivity contribution in [1.29, 1.82) is 0 Å². The number of halogens is 2. The summed E-state index contributed by atoms with van der Waals surface area (Å²) in [6.45, 7) is 2.20. The molecule has 0 aromatic heterocycles. The van der Waals surface area contributed by atoms with Crippen molar-refractivity contribution in [3.8, 4) is 0 Å². The summed E-state index contributed by atoms with van der Waals surface area (Å²) < 4.78 is 13.9. The van der Waals surface area contributed by atoms with Gasteiger partial charge in [0, 0.05) is 18.2 Å². The molecule has 116 valence electrons. The highest BCUT2D eigenvalue weighted by Gasteiger charge is 2.24. The Morgan fingerprint density at radius 1 is 1.38 bits per heavy atom. The fraction of sp³-hybridized carbons (Fsp3) is 0.600. The van der Waals surface area contributed by atoms with Crippen LogP contribution in [0.3, 0.4) is 0 Å². The predicted octanol–water partition coefficient (Wildman–Crippen LogP) is 5.11. The molecule has 0 amide bonds. The third-order valence-corrected chi connectivity index (χ3v) is 4.97. The molecule has 4 nitrogen and oxygen atoms in total. The quantitative estimate of drug-likeness (QED) is 0.420. The Bertz CT molecular complexity index is 517. The Hall–Kier alpha value is -0.920. The normalized spacial score (nSPS) is 22.0. The molecule has 0 unspecified atom stereocenters. The molecule has 0 heterocycles. The van der Waals surface area contributed by atoms with E-state index >= 15 is 0 Å². The van der Waals surface area contributed by atoms with Crippen LogP contribution in [0.25, 0.3) is 0 Å². The summed E-state index contributed by atoms with van der Waals surface area (Å²) in [5.41, 5.74) is 0.258. The summed E-state index contributed by atoms with van der Waals surface area (Å²) in [7, 11) is 0. The van der Waals surface area contributed by atoms with Gasteiger partial charge >= 0.3 is 0 Å². The summed E-state index contributed by atoms with van der Waals surface area (Å²) in [5.74, 6) is 0.361. The average molecular weight is 406 g/mol. The van der Waals surface area contributed by atoms with Crippen molar-refractivity contribution in [3.63, 3.8) is 0 Å². The molecule has 1 fully saturated rings. The number of nitrogens with one attached hydrogen (secondary N) is 1. The van der Waals surface area contributed by atoms with E-state index in [0.29, 0.717) is 5.69 Å². The van der Waals surface area contributed by atoms with E-state index in [-0.39, 0.29) is 15.3 Å². The molecule has 0 atom stereocenters. The number of hydrogen-bond donors (Lipinski definition) is 1. The monoisotopic (exact) mass is 406 g/mol. The van der Waals surface area contributed by atoms with Crippen LogP contribution in [0.15, 0.2) is 12.1 Å². The van der Waals surface area contributed by atoms with Crippen LogP contribution >= 0.6 is 22.6 Å². The van der Waals surface area contributed by atoms with Crippen LogP contribution in [0.4, 0.5) is 15.8 Å². The number of benzene rings is 1. The van der Waals surface area contributed by atoms with E-state index in [9.17, 15) is 14.5 Å². The highest BCUT2D eigenvalue weighted by Crippen LogP contribution is 2.33. The van der Waals surface area contributed by atoms with E-state index in [1.165, 1.54) is 25.0 Å². The van der Waals surface area contributed by atoms with Crippen LogP contribution in [0.2, 0.25) is 0 Å². The number of nitro groups is 1. The van der Waals surface area contributed by atoms with Crippen LogP contribution in [-0.4, -0.2) is 11.0 Å². The highest BCUT2D eigenvalue weighted by molar-refractivity contribution is 14.1. The van der Waals surface area contributed by atoms with Gasteiger partial charge in [-0.15, -0.1) is 0 Å². The number of rotatable bonds is 5. The maximum Gasteiger partial charge on any atom is 0.293 e. The second-order valence-corrected chi connectivity index (χ2v) is 6.85.